The number of halogens is 1. The zero-order valence-electron chi connectivity index (χ0n) is 11.1. The van der Waals surface area contributed by atoms with E-state index < -0.39 is 0 Å². The van der Waals surface area contributed by atoms with E-state index in [9.17, 15) is 4.79 Å². The first-order chi connectivity index (χ1) is 10.2. The molecule has 0 heterocycles. The molecule has 0 saturated heterocycles. The first-order valence-electron chi connectivity index (χ1n) is 6.29. The fourth-order valence-electron chi connectivity index (χ4n) is 1.65. The van der Waals surface area contributed by atoms with Crippen LogP contribution in [0, 0.1) is 0 Å². The Kier molecular flexibility index (Phi) is 5.71. The van der Waals surface area contributed by atoms with Crippen molar-refractivity contribution in [3.05, 3.63) is 70.2 Å². The molecule has 0 radical (unpaired) electrons. The van der Waals surface area contributed by atoms with Crippen molar-refractivity contribution in [2.24, 2.45) is 0 Å². The molecule has 0 aliphatic heterocycles. The Morgan fingerprint density at radius 1 is 1.00 bits per heavy atom. The Labute approximate surface area is 137 Å². The molecule has 0 aliphatic rings. The first kappa shape index (κ1) is 15.5. The van der Waals surface area contributed by atoms with Crippen molar-refractivity contribution in [2.45, 2.75) is 6.54 Å². The number of carbonyl (C=O) groups excluding carboxylic acids is 1. The molecule has 4 nitrogen and oxygen atoms in total. The molecule has 0 aromatic heterocycles. The zero-order chi connectivity index (χ0) is 15.1. The van der Waals surface area contributed by atoms with Gasteiger partial charge in [0.15, 0.2) is 5.11 Å². The van der Waals surface area contributed by atoms with Crippen LogP contribution in [-0.2, 0) is 6.54 Å². The molecule has 1 amide bonds. The van der Waals surface area contributed by atoms with Gasteiger partial charge < -0.3 is 5.32 Å². The van der Waals surface area contributed by atoms with Gasteiger partial charge in [-0.25, -0.2) is 0 Å². The molecule has 0 fully saturated rings. The maximum atomic E-state index is 12.0. The van der Waals surface area contributed by atoms with E-state index in [0.717, 1.165) is 10.0 Å². The molecule has 2 aromatic rings. The molecular weight excluding hydrogens is 350 g/mol. The van der Waals surface area contributed by atoms with E-state index in [1.54, 1.807) is 18.2 Å². The molecule has 2 rings (SSSR count). The normalized spacial score (nSPS) is 9.76. The topological polar surface area (TPSA) is 53.2 Å². The van der Waals surface area contributed by atoms with Crippen LogP contribution in [0.5, 0.6) is 0 Å². The van der Waals surface area contributed by atoms with E-state index in [1.807, 2.05) is 36.4 Å². The van der Waals surface area contributed by atoms with Crippen LogP contribution in [-0.4, -0.2) is 11.0 Å². The van der Waals surface area contributed by atoms with Gasteiger partial charge in [-0.3, -0.25) is 15.6 Å². The Morgan fingerprint density at radius 3 is 2.38 bits per heavy atom. The second-order valence-corrected chi connectivity index (χ2v) is 5.49. The number of rotatable bonds is 3. The van der Waals surface area contributed by atoms with Gasteiger partial charge in [-0.2, -0.15) is 0 Å². The van der Waals surface area contributed by atoms with Crippen LogP contribution in [0.15, 0.2) is 59.1 Å². The molecule has 21 heavy (non-hydrogen) atoms. The lowest BCUT2D eigenvalue weighted by atomic mass is 10.2. The van der Waals surface area contributed by atoms with Crippen LogP contribution in [0.1, 0.15) is 15.9 Å². The summed E-state index contributed by atoms with van der Waals surface area (Å²) in [4.78, 5) is 12.0. The van der Waals surface area contributed by atoms with Gasteiger partial charge in [0.05, 0.1) is 5.56 Å². The van der Waals surface area contributed by atoms with Crippen molar-refractivity contribution in [1.82, 2.24) is 16.2 Å². The van der Waals surface area contributed by atoms with Gasteiger partial charge in [0.1, 0.15) is 0 Å². The Bertz CT molecular complexity index is 634. The molecule has 0 unspecified atom stereocenters. The van der Waals surface area contributed by atoms with Crippen molar-refractivity contribution < 1.29 is 4.79 Å². The van der Waals surface area contributed by atoms with E-state index >= 15 is 0 Å². The molecule has 0 aliphatic carbocycles. The van der Waals surface area contributed by atoms with Gasteiger partial charge in [0, 0.05) is 11.0 Å². The maximum absolute atomic E-state index is 12.0. The number of benzene rings is 2. The van der Waals surface area contributed by atoms with Crippen LogP contribution in [0.4, 0.5) is 0 Å². The third-order valence-corrected chi connectivity index (χ3v) is 3.64. The summed E-state index contributed by atoms with van der Waals surface area (Å²) in [6.07, 6.45) is 0. The highest BCUT2D eigenvalue weighted by atomic mass is 79.9. The molecule has 0 spiro atoms. The number of thiocarbonyl (C=S) groups is 1. The number of carbonyl (C=O) groups is 1. The number of nitrogens with one attached hydrogen (secondary N) is 3. The summed E-state index contributed by atoms with van der Waals surface area (Å²) in [7, 11) is 0. The van der Waals surface area contributed by atoms with Crippen LogP contribution >= 0.6 is 28.1 Å². The van der Waals surface area contributed by atoms with Crippen LogP contribution < -0.4 is 16.2 Å². The standard InChI is InChI=1S/C15H14BrN3OS/c16-13-9-5-4-8-12(13)14(20)18-19-15(21)17-10-11-6-2-1-3-7-11/h1-9H,10H2,(H,18,20)(H2,17,19,21). The van der Waals surface area contributed by atoms with Crippen LogP contribution in [0.2, 0.25) is 0 Å². The molecule has 0 saturated carbocycles. The third-order valence-electron chi connectivity index (χ3n) is 2.70. The molecule has 6 heteroatoms. The lowest BCUT2D eigenvalue weighted by Crippen LogP contribution is -2.46. The summed E-state index contributed by atoms with van der Waals surface area (Å²) in [6.45, 7) is 0.595. The van der Waals surface area contributed by atoms with Crippen molar-refractivity contribution in [3.8, 4) is 0 Å². The van der Waals surface area contributed by atoms with E-state index in [0.29, 0.717) is 17.2 Å². The molecule has 3 N–H and O–H groups in total. The number of hydrogen-bond donors (Lipinski definition) is 3. The fourth-order valence-corrected chi connectivity index (χ4v) is 2.24. The van der Waals surface area contributed by atoms with Gasteiger partial charge in [-0.15, -0.1) is 0 Å². The number of hydrogen-bond acceptors (Lipinski definition) is 2. The Morgan fingerprint density at radius 2 is 1.67 bits per heavy atom. The average molecular weight is 364 g/mol. The van der Waals surface area contributed by atoms with Crippen molar-refractivity contribution in [3.63, 3.8) is 0 Å². The minimum atomic E-state index is -0.258. The smallest absolute Gasteiger partial charge is 0.270 e. The minimum absolute atomic E-state index is 0.258. The van der Waals surface area contributed by atoms with Gasteiger partial charge in [0.2, 0.25) is 0 Å². The fraction of sp³-hybridized carbons (Fsp3) is 0.0667. The molecular formula is C15H14BrN3OS. The second-order valence-electron chi connectivity index (χ2n) is 4.23. The third kappa shape index (κ3) is 4.84. The summed E-state index contributed by atoms with van der Waals surface area (Å²) in [5.41, 5.74) is 6.88. The number of amides is 1. The highest BCUT2D eigenvalue weighted by molar-refractivity contribution is 9.10. The second kappa shape index (κ2) is 7.75. The zero-order valence-corrected chi connectivity index (χ0v) is 13.5. The molecule has 2 aromatic carbocycles. The van der Waals surface area contributed by atoms with Gasteiger partial charge >= 0.3 is 0 Å². The minimum Gasteiger partial charge on any atom is -0.357 e. The van der Waals surface area contributed by atoms with Gasteiger partial charge in [-0.05, 0) is 45.8 Å². The van der Waals surface area contributed by atoms with Gasteiger partial charge in [0.25, 0.3) is 5.91 Å². The number of hydrazine groups is 1. The highest BCUT2D eigenvalue weighted by Gasteiger charge is 2.08. The van der Waals surface area contributed by atoms with Crippen LogP contribution in [0.3, 0.4) is 0 Å². The van der Waals surface area contributed by atoms with E-state index in [1.165, 1.54) is 0 Å². The average Bonchev–Trinajstić information content (AvgIpc) is 2.52. The van der Waals surface area contributed by atoms with E-state index in [4.69, 9.17) is 12.2 Å². The summed E-state index contributed by atoms with van der Waals surface area (Å²) in [6, 6.07) is 17.0. The van der Waals surface area contributed by atoms with Crippen LogP contribution in [0.25, 0.3) is 0 Å². The first-order valence-corrected chi connectivity index (χ1v) is 7.49. The Balaban J connectivity index is 1.79. The SMILES string of the molecule is O=C(NNC(=S)NCc1ccccc1)c1ccccc1Br. The van der Waals surface area contributed by atoms with Crippen molar-refractivity contribution in [2.75, 3.05) is 0 Å². The quantitative estimate of drug-likeness (QED) is 0.579. The predicted molar refractivity (Wildman–Crippen MR) is 90.6 cm³/mol. The molecule has 0 bridgehead atoms. The van der Waals surface area contributed by atoms with Crippen molar-refractivity contribution in [1.29, 1.82) is 0 Å². The summed E-state index contributed by atoms with van der Waals surface area (Å²) in [5.74, 6) is -0.258. The lowest BCUT2D eigenvalue weighted by molar-refractivity contribution is 0.0943. The molecule has 108 valence electrons. The summed E-state index contributed by atoms with van der Waals surface area (Å²) in [5, 5.41) is 3.37. The van der Waals surface area contributed by atoms with Gasteiger partial charge in [-0.1, -0.05) is 42.5 Å². The summed E-state index contributed by atoms with van der Waals surface area (Å²) >= 11 is 8.43. The molecule has 0 atom stereocenters. The van der Waals surface area contributed by atoms with Crippen molar-refractivity contribution >= 4 is 39.2 Å². The highest BCUT2D eigenvalue weighted by Crippen LogP contribution is 2.15. The van der Waals surface area contributed by atoms with E-state index in [2.05, 4.69) is 32.1 Å². The predicted octanol–water partition coefficient (Wildman–Crippen LogP) is 2.76. The maximum Gasteiger partial charge on any atom is 0.270 e. The Hall–Kier alpha value is -1.92. The monoisotopic (exact) mass is 363 g/mol. The lowest BCUT2D eigenvalue weighted by Gasteiger charge is -2.12. The summed E-state index contributed by atoms with van der Waals surface area (Å²) < 4.78 is 0.729. The largest absolute Gasteiger partial charge is 0.357 e. The van der Waals surface area contributed by atoms with E-state index in [-0.39, 0.29) is 5.91 Å².